The highest BCUT2D eigenvalue weighted by Gasteiger charge is 2.27. The van der Waals surface area contributed by atoms with Gasteiger partial charge in [-0.1, -0.05) is 0 Å². The third kappa shape index (κ3) is 3.15. The molecule has 0 amide bonds. The number of methoxy groups -OCH3 is 1. The Balaban J connectivity index is 1.76. The number of anilines is 2. The predicted molar refractivity (Wildman–Crippen MR) is 88.8 cm³/mol. The molecule has 1 aliphatic heterocycles. The van der Waals surface area contributed by atoms with Crippen LogP contribution in [0.4, 0.5) is 16.0 Å². The molecule has 0 radical (unpaired) electrons. The topological polar surface area (TPSA) is 58.6 Å². The minimum Gasteiger partial charge on any atom is -0.465 e. The maximum Gasteiger partial charge on any atom is 0.337 e. The lowest BCUT2D eigenvalue weighted by atomic mass is 10.1. The van der Waals surface area contributed by atoms with Crippen LogP contribution in [-0.4, -0.2) is 48.7 Å². The van der Waals surface area contributed by atoms with Gasteiger partial charge in [0.05, 0.1) is 18.4 Å². The Hall–Kier alpha value is -2.70. The van der Waals surface area contributed by atoms with Crippen molar-refractivity contribution in [2.45, 2.75) is 13.0 Å². The molecule has 7 heteroatoms. The maximum absolute atomic E-state index is 14.4. The summed E-state index contributed by atoms with van der Waals surface area (Å²) >= 11 is 0. The van der Waals surface area contributed by atoms with Gasteiger partial charge in [0, 0.05) is 38.1 Å². The number of nitrogens with zero attached hydrogens (tertiary/aromatic N) is 4. The van der Waals surface area contributed by atoms with E-state index in [1.165, 1.54) is 13.2 Å². The minimum atomic E-state index is -0.542. The molecule has 3 rings (SSSR count). The first-order chi connectivity index (χ1) is 11.6. The average molecular weight is 330 g/mol. The van der Waals surface area contributed by atoms with Crippen LogP contribution < -0.4 is 9.80 Å². The summed E-state index contributed by atoms with van der Waals surface area (Å²) in [6.45, 7) is 4.07. The Kier molecular flexibility index (Phi) is 4.59. The third-order valence-corrected chi connectivity index (χ3v) is 4.14. The van der Waals surface area contributed by atoms with Crippen molar-refractivity contribution < 1.29 is 13.9 Å². The number of piperazine rings is 1. The predicted octanol–water partition coefficient (Wildman–Crippen LogP) is 2.12. The number of hydrogen-bond donors (Lipinski definition) is 0. The Labute approximate surface area is 139 Å². The fraction of sp³-hybridized carbons (Fsp3) is 0.353. The SMILES string of the molecule is COC(=O)c1ccc(N2CCN(c3ncccn3)CC2C)c(F)c1. The smallest absolute Gasteiger partial charge is 0.337 e. The van der Waals surface area contributed by atoms with Crippen molar-refractivity contribution in [2.24, 2.45) is 0 Å². The molecule has 1 fully saturated rings. The van der Waals surface area contributed by atoms with Gasteiger partial charge in [0.15, 0.2) is 0 Å². The Morgan fingerprint density at radius 3 is 2.67 bits per heavy atom. The van der Waals surface area contributed by atoms with E-state index in [0.29, 0.717) is 31.3 Å². The van der Waals surface area contributed by atoms with Crippen molar-refractivity contribution >= 4 is 17.6 Å². The molecule has 0 saturated carbocycles. The largest absolute Gasteiger partial charge is 0.465 e. The van der Waals surface area contributed by atoms with E-state index in [4.69, 9.17) is 0 Å². The highest BCUT2D eigenvalue weighted by molar-refractivity contribution is 5.89. The zero-order valence-electron chi connectivity index (χ0n) is 13.6. The molecule has 1 atom stereocenters. The van der Waals surface area contributed by atoms with Gasteiger partial charge < -0.3 is 14.5 Å². The molecule has 2 heterocycles. The zero-order chi connectivity index (χ0) is 17.1. The van der Waals surface area contributed by atoms with Gasteiger partial charge in [-0.2, -0.15) is 0 Å². The summed E-state index contributed by atoms with van der Waals surface area (Å²) in [5, 5.41) is 0. The number of hydrogen-bond acceptors (Lipinski definition) is 6. The van der Waals surface area contributed by atoms with E-state index in [9.17, 15) is 9.18 Å². The van der Waals surface area contributed by atoms with E-state index in [0.717, 1.165) is 0 Å². The molecule has 1 aromatic heterocycles. The first-order valence-corrected chi connectivity index (χ1v) is 7.76. The number of ether oxygens (including phenoxy) is 1. The van der Waals surface area contributed by atoms with Crippen molar-refractivity contribution in [1.29, 1.82) is 0 Å². The number of aromatic nitrogens is 2. The van der Waals surface area contributed by atoms with Crippen LogP contribution in [0.25, 0.3) is 0 Å². The fourth-order valence-corrected chi connectivity index (χ4v) is 2.94. The van der Waals surface area contributed by atoms with Crippen LogP contribution in [-0.2, 0) is 4.74 Å². The molecule has 0 N–H and O–H groups in total. The first-order valence-electron chi connectivity index (χ1n) is 7.76. The summed E-state index contributed by atoms with van der Waals surface area (Å²) in [5.74, 6) is -0.279. The zero-order valence-corrected chi connectivity index (χ0v) is 13.6. The van der Waals surface area contributed by atoms with Gasteiger partial charge in [-0.15, -0.1) is 0 Å². The fourth-order valence-electron chi connectivity index (χ4n) is 2.94. The van der Waals surface area contributed by atoms with Gasteiger partial charge in [-0.05, 0) is 31.2 Å². The standard InChI is InChI=1S/C17H19FN4O2/c1-12-11-21(17-19-6-3-7-20-17)8-9-22(12)15-5-4-13(10-14(15)18)16(23)24-2/h3-7,10,12H,8-9,11H2,1-2H3. The molecule has 1 saturated heterocycles. The van der Waals surface area contributed by atoms with Crippen LogP contribution in [0.3, 0.4) is 0 Å². The lowest BCUT2D eigenvalue weighted by Crippen LogP contribution is -2.52. The lowest BCUT2D eigenvalue weighted by molar-refractivity contribution is 0.0600. The molecule has 1 aromatic carbocycles. The molecule has 1 aliphatic rings. The number of benzene rings is 1. The normalized spacial score (nSPS) is 17.7. The van der Waals surface area contributed by atoms with E-state index < -0.39 is 11.8 Å². The van der Waals surface area contributed by atoms with Crippen LogP contribution in [0.1, 0.15) is 17.3 Å². The van der Waals surface area contributed by atoms with Crippen molar-refractivity contribution in [3.8, 4) is 0 Å². The summed E-state index contributed by atoms with van der Waals surface area (Å²) in [7, 11) is 1.28. The van der Waals surface area contributed by atoms with Gasteiger partial charge in [0.1, 0.15) is 5.82 Å². The van der Waals surface area contributed by atoms with Crippen LogP contribution in [0.5, 0.6) is 0 Å². The summed E-state index contributed by atoms with van der Waals surface area (Å²) in [6, 6.07) is 6.30. The monoisotopic (exact) mass is 330 g/mol. The lowest BCUT2D eigenvalue weighted by Gasteiger charge is -2.41. The summed E-state index contributed by atoms with van der Waals surface area (Å²) in [5.41, 5.74) is 0.700. The third-order valence-electron chi connectivity index (χ3n) is 4.14. The molecular weight excluding hydrogens is 311 g/mol. The summed E-state index contributed by atoms with van der Waals surface area (Å²) in [6.07, 6.45) is 3.43. The van der Waals surface area contributed by atoms with Crippen molar-refractivity contribution in [2.75, 3.05) is 36.5 Å². The van der Waals surface area contributed by atoms with Gasteiger partial charge in [-0.25, -0.2) is 19.2 Å². The number of esters is 1. The van der Waals surface area contributed by atoms with E-state index >= 15 is 0 Å². The molecule has 126 valence electrons. The van der Waals surface area contributed by atoms with E-state index in [-0.39, 0.29) is 11.6 Å². The Morgan fingerprint density at radius 1 is 1.29 bits per heavy atom. The van der Waals surface area contributed by atoms with Crippen LogP contribution in [0.15, 0.2) is 36.7 Å². The second kappa shape index (κ2) is 6.82. The number of halogens is 1. The van der Waals surface area contributed by atoms with Crippen LogP contribution in [0, 0.1) is 5.82 Å². The molecule has 0 aliphatic carbocycles. The summed E-state index contributed by atoms with van der Waals surface area (Å²) < 4.78 is 19.1. The van der Waals surface area contributed by atoms with E-state index in [2.05, 4.69) is 19.6 Å². The summed E-state index contributed by atoms with van der Waals surface area (Å²) in [4.78, 5) is 24.1. The second-order valence-corrected chi connectivity index (χ2v) is 5.69. The molecule has 0 spiro atoms. The Morgan fingerprint density at radius 2 is 2.04 bits per heavy atom. The highest BCUT2D eigenvalue weighted by Crippen LogP contribution is 2.26. The van der Waals surface area contributed by atoms with Crippen molar-refractivity contribution in [3.63, 3.8) is 0 Å². The molecular formula is C17H19FN4O2. The number of rotatable bonds is 3. The van der Waals surface area contributed by atoms with Gasteiger partial charge >= 0.3 is 5.97 Å². The Bertz CT molecular complexity index is 726. The molecule has 0 bridgehead atoms. The second-order valence-electron chi connectivity index (χ2n) is 5.69. The van der Waals surface area contributed by atoms with Gasteiger partial charge in [-0.3, -0.25) is 0 Å². The van der Waals surface area contributed by atoms with Crippen molar-refractivity contribution in [1.82, 2.24) is 9.97 Å². The molecule has 2 aromatic rings. The first kappa shape index (κ1) is 16.2. The molecule has 1 unspecified atom stereocenters. The van der Waals surface area contributed by atoms with Crippen LogP contribution >= 0.6 is 0 Å². The quantitative estimate of drug-likeness (QED) is 0.804. The van der Waals surface area contributed by atoms with Crippen molar-refractivity contribution in [3.05, 3.63) is 48.0 Å². The maximum atomic E-state index is 14.4. The average Bonchev–Trinajstić information content (AvgIpc) is 2.62. The van der Waals surface area contributed by atoms with Gasteiger partial charge in [0.25, 0.3) is 0 Å². The molecule has 24 heavy (non-hydrogen) atoms. The minimum absolute atomic E-state index is 0.0843. The van der Waals surface area contributed by atoms with Crippen LogP contribution in [0.2, 0.25) is 0 Å². The van der Waals surface area contributed by atoms with Gasteiger partial charge in [0.2, 0.25) is 5.95 Å². The van der Waals surface area contributed by atoms with E-state index in [1.54, 1.807) is 30.6 Å². The molecule has 6 nitrogen and oxygen atoms in total. The number of carbonyl (C=O) groups excluding carboxylic acids is 1. The number of carbonyl (C=O) groups is 1. The highest BCUT2D eigenvalue weighted by atomic mass is 19.1. The van der Waals surface area contributed by atoms with E-state index in [1.807, 2.05) is 11.8 Å².